The topological polar surface area (TPSA) is 15.3 Å². The molecule has 116 valence electrons. The number of piperidine rings is 2. The lowest BCUT2D eigenvalue weighted by Gasteiger charge is -2.30. The fraction of sp³-hybridized carbons (Fsp3) is 0.667. The summed E-state index contributed by atoms with van der Waals surface area (Å²) in [5.74, 6) is 0.734. The second-order valence-electron chi connectivity index (χ2n) is 6.78. The molecule has 2 nitrogen and oxygen atoms in total. The summed E-state index contributed by atoms with van der Waals surface area (Å²) in [4.78, 5) is 2.44. The molecule has 2 heterocycles. The van der Waals surface area contributed by atoms with Gasteiger partial charge in [0.2, 0.25) is 0 Å². The van der Waals surface area contributed by atoms with Crippen molar-refractivity contribution in [3.63, 3.8) is 0 Å². The Morgan fingerprint density at radius 2 is 2.00 bits per heavy atom. The molecule has 3 rings (SSSR count). The van der Waals surface area contributed by atoms with Crippen LogP contribution >= 0.6 is 15.9 Å². The van der Waals surface area contributed by atoms with E-state index < -0.39 is 0 Å². The van der Waals surface area contributed by atoms with Crippen LogP contribution in [0.15, 0.2) is 22.7 Å². The van der Waals surface area contributed by atoms with Crippen LogP contribution in [0.2, 0.25) is 0 Å². The maximum Gasteiger partial charge on any atom is 0.0212 e. The van der Waals surface area contributed by atoms with Crippen LogP contribution in [0.3, 0.4) is 0 Å². The Kier molecular flexibility index (Phi) is 5.36. The Morgan fingerprint density at radius 1 is 1.19 bits per heavy atom. The van der Waals surface area contributed by atoms with Gasteiger partial charge in [-0.2, -0.15) is 0 Å². The molecule has 0 aromatic heterocycles. The molecule has 0 amide bonds. The number of halogens is 1. The lowest BCUT2D eigenvalue weighted by atomic mass is 9.88. The van der Waals surface area contributed by atoms with Gasteiger partial charge in [-0.05, 0) is 81.9 Å². The summed E-state index contributed by atoms with van der Waals surface area (Å²) in [7, 11) is 2.23. The zero-order valence-electron chi connectivity index (χ0n) is 13.1. The first kappa shape index (κ1) is 15.5. The molecule has 2 aliphatic heterocycles. The first-order valence-electron chi connectivity index (χ1n) is 8.42. The average molecular weight is 351 g/mol. The highest BCUT2D eigenvalue weighted by Gasteiger charge is 2.21. The molecule has 21 heavy (non-hydrogen) atoms. The SMILES string of the molecule is CN1CCC(c2ccc(CC3CCCCN3)cc2Br)CC1. The molecule has 1 aromatic rings. The number of rotatable bonds is 3. The van der Waals surface area contributed by atoms with E-state index in [-0.39, 0.29) is 0 Å². The number of benzene rings is 1. The number of hydrogen-bond donors (Lipinski definition) is 1. The second-order valence-corrected chi connectivity index (χ2v) is 7.64. The van der Waals surface area contributed by atoms with Crippen molar-refractivity contribution in [1.29, 1.82) is 0 Å². The van der Waals surface area contributed by atoms with Gasteiger partial charge in [-0.3, -0.25) is 0 Å². The first-order chi connectivity index (χ1) is 10.2. The predicted molar refractivity (Wildman–Crippen MR) is 93.0 cm³/mol. The Balaban J connectivity index is 1.64. The Bertz CT molecular complexity index is 460. The normalized spacial score (nSPS) is 25.1. The van der Waals surface area contributed by atoms with Crippen molar-refractivity contribution < 1.29 is 0 Å². The molecule has 0 spiro atoms. The Morgan fingerprint density at radius 3 is 2.67 bits per heavy atom. The number of hydrogen-bond acceptors (Lipinski definition) is 2. The van der Waals surface area contributed by atoms with Crippen LogP contribution in [0, 0.1) is 0 Å². The molecular weight excluding hydrogens is 324 g/mol. The second kappa shape index (κ2) is 7.26. The van der Waals surface area contributed by atoms with E-state index >= 15 is 0 Å². The van der Waals surface area contributed by atoms with Crippen molar-refractivity contribution in [2.75, 3.05) is 26.7 Å². The van der Waals surface area contributed by atoms with Crippen molar-refractivity contribution in [2.24, 2.45) is 0 Å². The molecule has 2 saturated heterocycles. The maximum absolute atomic E-state index is 3.83. The standard InChI is InChI=1S/C18H27BrN2/c1-21-10-7-15(8-11-21)17-6-5-14(13-18(17)19)12-16-4-2-3-9-20-16/h5-6,13,15-16,20H,2-4,7-12H2,1H3. The van der Waals surface area contributed by atoms with Gasteiger partial charge in [-0.1, -0.05) is 34.5 Å². The third-order valence-corrected chi connectivity index (χ3v) is 5.80. The molecule has 0 aliphatic carbocycles. The summed E-state index contributed by atoms with van der Waals surface area (Å²) in [6, 6.07) is 7.77. The molecule has 1 aromatic carbocycles. The number of nitrogens with zero attached hydrogens (tertiary/aromatic N) is 1. The van der Waals surface area contributed by atoms with Gasteiger partial charge in [0.1, 0.15) is 0 Å². The molecule has 1 atom stereocenters. The molecule has 0 radical (unpaired) electrons. The molecule has 2 fully saturated rings. The van der Waals surface area contributed by atoms with Crippen LogP contribution in [-0.2, 0) is 6.42 Å². The summed E-state index contributed by atoms with van der Waals surface area (Å²) >= 11 is 3.83. The van der Waals surface area contributed by atoms with Crippen molar-refractivity contribution in [3.8, 4) is 0 Å². The summed E-state index contributed by atoms with van der Waals surface area (Å²) in [6.45, 7) is 3.65. The summed E-state index contributed by atoms with van der Waals surface area (Å²) in [5.41, 5.74) is 2.99. The smallest absolute Gasteiger partial charge is 0.0212 e. The molecule has 2 aliphatic rings. The summed E-state index contributed by atoms with van der Waals surface area (Å²) in [5, 5.41) is 3.65. The molecular formula is C18H27BrN2. The zero-order valence-corrected chi connectivity index (χ0v) is 14.7. The van der Waals surface area contributed by atoms with E-state index in [2.05, 4.69) is 51.4 Å². The van der Waals surface area contributed by atoms with Crippen LogP contribution in [0.5, 0.6) is 0 Å². The van der Waals surface area contributed by atoms with E-state index in [0.29, 0.717) is 6.04 Å². The van der Waals surface area contributed by atoms with Crippen molar-refractivity contribution in [1.82, 2.24) is 10.2 Å². The minimum absolute atomic E-state index is 0.680. The molecule has 0 saturated carbocycles. The van der Waals surface area contributed by atoms with Gasteiger partial charge in [-0.15, -0.1) is 0 Å². The third-order valence-electron chi connectivity index (χ3n) is 5.12. The third kappa shape index (κ3) is 4.08. The summed E-state index contributed by atoms with van der Waals surface area (Å²) < 4.78 is 1.32. The number of nitrogens with one attached hydrogen (secondary N) is 1. The van der Waals surface area contributed by atoms with Gasteiger partial charge in [0.15, 0.2) is 0 Å². The summed E-state index contributed by atoms with van der Waals surface area (Å²) in [6.07, 6.45) is 7.81. The van der Waals surface area contributed by atoms with Crippen LogP contribution in [0.4, 0.5) is 0 Å². The van der Waals surface area contributed by atoms with Gasteiger partial charge in [0.25, 0.3) is 0 Å². The molecule has 3 heteroatoms. The zero-order chi connectivity index (χ0) is 14.7. The van der Waals surface area contributed by atoms with Gasteiger partial charge >= 0.3 is 0 Å². The highest BCUT2D eigenvalue weighted by Crippen LogP contribution is 2.33. The molecule has 0 bridgehead atoms. The highest BCUT2D eigenvalue weighted by atomic mass is 79.9. The van der Waals surface area contributed by atoms with Crippen molar-refractivity contribution in [2.45, 2.75) is 50.5 Å². The van der Waals surface area contributed by atoms with Gasteiger partial charge in [-0.25, -0.2) is 0 Å². The van der Waals surface area contributed by atoms with E-state index in [4.69, 9.17) is 0 Å². The maximum atomic E-state index is 3.83. The largest absolute Gasteiger partial charge is 0.314 e. The lowest BCUT2D eigenvalue weighted by Crippen LogP contribution is -2.35. The van der Waals surface area contributed by atoms with Crippen LogP contribution < -0.4 is 5.32 Å². The Hall–Kier alpha value is -0.380. The highest BCUT2D eigenvalue weighted by molar-refractivity contribution is 9.10. The fourth-order valence-corrected chi connectivity index (χ4v) is 4.48. The van der Waals surface area contributed by atoms with Crippen molar-refractivity contribution >= 4 is 15.9 Å². The predicted octanol–water partition coefficient (Wildman–Crippen LogP) is 3.94. The van der Waals surface area contributed by atoms with Crippen LogP contribution in [0.25, 0.3) is 0 Å². The lowest BCUT2D eigenvalue weighted by molar-refractivity contribution is 0.255. The van der Waals surface area contributed by atoms with E-state index in [1.54, 1.807) is 0 Å². The fourth-order valence-electron chi connectivity index (χ4n) is 3.73. The van der Waals surface area contributed by atoms with E-state index in [1.807, 2.05) is 0 Å². The quantitative estimate of drug-likeness (QED) is 0.887. The average Bonchev–Trinajstić information content (AvgIpc) is 2.50. The minimum Gasteiger partial charge on any atom is -0.314 e. The van der Waals surface area contributed by atoms with E-state index in [9.17, 15) is 0 Å². The number of likely N-dealkylation sites (tertiary alicyclic amines) is 1. The van der Waals surface area contributed by atoms with Crippen molar-refractivity contribution in [3.05, 3.63) is 33.8 Å². The molecule has 1 N–H and O–H groups in total. The van der Waals surface area contributed by atoms with E-state index in [1.165, 1.54) is 73.8 Å². The van der Waals surface area contributed by atoms with Gasteiger partial charge < -0.3 is 10.2 Å². The van der Waals surface area contributed by atoms with E-state index in [0.717, 1.165) is 5.92 Å². The molecule has 1 unspecified atom stereocenters. The monoisotopic (exact) mass is 350 g/mol. The minimum atomic E-state index is 0.680. The van der Waals surface area contributed by atoms with Gasteiger partial charge in [0, 0.05) is 10.5 Å². The Labute approximate surface area is 137 Å². The van der Waals surface area contributed by atoms with Crippen LogP contribution in [0.1, 0.15) is 49.1 Å². The van der Waals surface area contributed by atoms with Gasteiger partial charge in [0.05, 0.1) is 0 Å². The first-order valence-corrected chi connectivity index (χ1v) is 9.22. The van der Waals surface area contributed by atoms with Crippen LogP contribution in [-0.4, -0.2) is 37.6 Å².